The third-order valence-corrected chi connectivity index (χ3v) is 4.38. The van der Waals surface area contributed by atoms with Crippen LogP contribution in [0.3, 0.4) is 0 Å². The van der Waals surface area contributed by atoms with E-state index in [0.717, 1.165) is 19.4 Å². The molecule has 23 heavy (non-hydrogen) atoms. The second-order valence-corrected chi connectivity index (χ2v) is 5.79. The fourth-order valence-electron chi connectivity index (χ4n) is 2.86. The summed E-state index contributed by atoms with van der Waals surface area (Å²) >= 11 is 0. The van der Waals surface area contributed by atoms with Gasteiger partial charge in [0.05, 0.1) is 0 Å². The molecule has 0 aromatic heterocycles. The van der Waals surface area contributed by atoms with Crippen molar-refractivity contribution in [1.29, 1.82) is 0 Å². The van der Waals surface area contributed by atoms with E-state index in [1.54, 1.807) is 7.05 Å². The molecule has 6 heteroatoms. The zero-order valence-electron chi connectivity index (χ0n) is 13.5. The van der Waals surface area contributed by atoms with Gasteiger partial charge in [0.2, 0.25) is 0 Å². The average molecular weight is 323 g/mol. The van der Waals surface area contributed by atoms with Crippen molar-refractivity contribution >= 4 is 12.0 Å². The molecule has 0 spiro atoms. The van der Waals surface area contributed by atoms with Crippen LogP contribution in [0.4, 0.5) is 14.5 Å². The number of hydrogen-bond acceptors (Lipinski definition) is 4. The molecule has 2 N–H and O–H groups in total. The van der Waals surface area contributed by atoms with Crippen LogP contribution in [-0.4, -0.2) is 39.5 Å². The average Bonchev–Trinajstić information content (AvgIpc) is 2.48. The molecular weight excluding hydrogens is 300 g/mol. The number of hydrogen-bond donors (Lipinski definition) is 2. The fraction of sp³-hybridized carbons (Fsp3) is 0.471. The molecule has 4 nitrogen and oxygen atoms in total. The van der Waals surface area contributed by atoms with Crippen molar-refractivity contribution in [2.24, 2.45) is 0 Å². The van der Waals surface area contributed by atoms with Gasteiger partial charge >= 0.3 is 0 Å². The van der Waals surface area contributed by atoms with E-state index in [9.17, 15) is 13.6 Å². The standard InChI is InChI=1S/C17H23F2N3O/c1-11(20-2)14(5-4-6-23)17-15(18)7-13(8-16(17)19)22-9-12(10-22)21-3/h6-8,12,14,20-21H,1,4-5,9-10H2,2-3H3. The van der Waals surface area contributed by atoms with E-state index in [1.807, 2.05) is 11.9 Å². The van der Waals surface area contributed by atoms with E-state index < -0.39 is 17.6 Å². The first kappa shape index (κ1) is 17.4. The lowest BCUT2D eigenvalue weighted by Crippen LogP contribution is -2.57. The van der Waals surface area contributed by atoms with E-state index in [0.29, 0.717) is 23.8 Å². The molecule has 0 radical (unpaired) electrons. The molecule has 0 aliphatic carbocycles. The highest BCUT2D eigenvalue weighted by Crippen LogP contribution is 2.34. The Balaban J connectivity index is 2.27. The van der Waals surface area contributed by atoms with Crippen LogP contribution in [0.25, 0.3) is 0 Å². The minimum absolute atomic E-state index is 0.0272. The third kappa shape index (κ3) is 3.69. The lowest BCUT2D eigenvalue weighted by molar-refractivity contribution is -0.108. The van der Waals surface area contributed by atoms with Gasteiger partial charge in [-0.05, 0) is 25.6 Å². The first-order valence-corrected chi connectivity index (χ1v) is 7.73. The van der Waals surface area contributed by atoms with Gasteiger partial charge in [-0.15, -0.1) is 0 Å². The number of nitrogens with one attached hydrogen (secondary N) is 2. The number of likely N-dealkylation sites (N-methyl/N-ethyl adjacent to an activating group) is 2. The molecule has 1 aromatic carbocycles. The number of carbonyl (C=O) groups is 1. The molecule has 126 valence electrons. The van der Waals surface area contributed by atoms with E-state index in [4.69, 9.17) is 0 Å². The van der Waals surface area contributed by atoms with Gasteiger partial charge in [0, 0.05) is 55.5 Å². The summed E-state index contributed by atoms with van der Waals surface area (Å²) in [5.74, 6) is -1.76. The number of halogens is 2. The van der Waals surface area contributed by atoms with E-state index in [1.165, 1.54) is 12.1 Å². The van der Waals surface area contributed by atoms with Gasteiger partial charge in [0.1, 0.15) is 17.9 Å². The predicted octanol–water partition coefficient (Wildman–Crippen LogP) is 2.17. The first-order chi connectivity index (χ1) is 11.0. The van der Waals surface area contributed by atoms with Crippen molar-refractivity contribution in [2.75, 3.05) is 32.1 Å². The largest absolute Gasteiger partial charge is 0.391 e. The second kappa shape index (κ2) is 7.55. The van der Waals surface area contributed by atoms with E-state index in [-0.39, 0.29) is 12.0 Å². The maximum absolute atomic E-state index is 14.5. The molecule has 0 saturated carbocycles. The number of anilines is 1. The molecule has 1 unspecified atom stereocenters. The lowest BCUT2D eigenvalue weighted by atomic mass is 9.90. The van der Waals surface area contributed by atoms with Gasteiger partial charge in [0.15, 0.2) is 0 Å². The highest BCUT2D eigenvalue weighted by Gasteiger charge is 2.28. The van der Waals surface area contributed by atoms with Crippen LogP contribution in [-0.2, 0) is 4.79 Å². The summed E-state index contributed by atoms with van der Waals surface area (Å²) < 4.78 is 29.1. The van der Waals surface area contributed by atoms with Gasteiger partial charge in [-0.25, -0.2) is 8.78 Å². The monoisotopic (exact) mass is 323 g/mol. The summed E-state index contributed by atoms with van der Waals surface area (Å²) in [6.07, 6.45) is 1.29. The van der Waals surface area contributed by atoms with Gasteiger partial charge in [-0.1, -0.05) is 6.58 Å². The van der Waals surface area contributed by atoms with Crippen LogP contribution in [0, 0.1) is 11.6 Å². The summed E-state index contributed by atoms with van der Waals surface area (Å²) in [5, 5.41) is 5.96. The van der Waals surface area contributed by atoms with Gasteiger partial charge in [-0.3, -0.25) is 0 Å². The smallest absolute Gasteiger partial charge is 0.132 e. The molecule has 0 amide bonds. The Morgan fingerprint density at radius 2 is 2.00 bits per heavy atom. The van der Waals surface area contributed by atoms with Crippen molar-refractivity contribution in [3.63, 3.8) is 0 Å². The van der Waals surface area contributed by atoms with Crippen LogP contribution >= 0.6 is 0 Å². The third-order valence-electron chi connectivity index (χ3n) is 4.38. The summed E-state index contributed by atoms with van der Waals surface area (Å²) in [7, 11) is 3.52. The molecule has 1 aromatic rings. The maximum atomic E-state index is 14.5. The molecule has 1 fully saturated rings. The Hall–Kier alpha value is -1.95. The summed E-state index contributed by atoms with van der Waals surface area (Å²) in [6, 6.07) is 3.08. The first-order valence-electron chi connectivity index (χ1n) is 7.73. The van der Waals surface area contributed by atoms with Gasteiger partial charge in [-0.2, -0.15) is 0 Å². The van der Waals surface area contributed by atoms with Crippen molar-refractivity contribution in [3.8, 4) is 0 Å². The number of benzene rings is 1. The summed E-state index contributed by atoms with van der Waals surface area (Å²) in [4.78, 5) is 12.5. The Kier molecular flexibility index (Phi) is 5.71. The molecule has 1 atom stereocenters. The van der Waals surface area contributed by atoms with Gasteiger partial charge < -0.3 is 20.3 Å². The molecule has 1 aliphatic rings. The highest BCUT2D eigenvalue weighted by atomic mass is 19.1. The van der Waals surface area contributed by atoms with Gasteiger partial charge in [0.25, 0.3) is 0 Å². The Bertz CT molecular complexity index is 562. The minimum Gasteiger partial charge on any atom is -0.391 e. The van der Waals surface area contributed by atoms with Crippen LogP contribution in [0.15, 0.2) is 24.4 Å². The SMILES string of the molecule is C=C(NC)C(CCC=O)c1c(F)cc(N2CC(NC)C2)cc1F. The van der Waals surface area contributed by atoms with E-state index >= 15 is 0 Å². The van der Waals surface area contributed by atoms with Crippen LogP contribution < -0.4 is 15.5 Å². The second-order valence-electron chi connectivity index (χ2n) is 5.79. The van der Waals surface area contributed by atoms with Crippen LogP contribution in [0.2, 0.25) is 0 Å². The predicted molar refractivity (Wildman–Crippen MR) is 87.7 cm³/mol. The fourth-order valence-corrected chi connectivity index (χ4v) is 2.86. The lowest BCUT2D eigenvalue weighted by Gasteiger charge is -2.41. The number of rotatable bonds is 8. The van der Waals surface area contributed by atoms with Crippen molar-refractivity contribution in [2.45, 2.75) is 24.8 Å². The van der Waals surface area contributed by atoms with E-state index in [2.05, 4.69) is 17.2 Å². The Morgan fingerprint density at radius 1 is 1.39 bits per heavy atom. The molecule has 1 saturated heterocycles. The summed E-state index contributed by atoms with van der Waals surface area (Å²) in [5.41, 5.74) is 1.01. The maximum Gasteiger partial charge on any atom is 0.132 e. The number of carbonyl (C=O) groups excluding carboxylic acids is 1. The van der Waals surface area contributed by atoms with Crippen molar-refractivity contribution in [3.05, 3.63) is 41.6 Å². The van der Waals surface area contributed by atoms with Crippen LogP contribution in [0.5, 0.6) is 0 Å². The minimum atomic E-state index is -0.597. The molecule has 1 aliphatic heterocycles. The highest BCUT2D eigenvalue weighted by molar-refractivity contribution is 5.53. The topological polar surface area (TPSA) is 44.4 Å². The zero-order chi connectivity index (χ0) is 17.0. The number of nitrogens with zero attached hydrogens (tertiary/aromatic N) is 1. The number of allylic oxidation sites excluding steroid dienone is 1. The van der Waals surface area contributed by atoms with Crippen molar-refractivity contribution < 1.29 is 13.6 Å². The number of aldehydes is 1. The molecule has 2 rings (SSSR count). The molecular formula is C17H23F2N3O. The zero-order valence-corrected chi connectivity index (χ0v) is 13.5. The quantitative estimate of drug-likeness (QED) is 0.720. The Labute approximate surface area is 135 Å². The van der Waals surface area contributed by atoms with Crippen molar-refractivity contribution in [1.82, 2.24) is 10.6 Å². The van der Waals surface area contributed by atoms with Crippen LogP contribution in [0.1, 0.15) is 24.3 Å². The summed E-state index contributed by atoms with van der Waals surface area (Å²) in [6.45, 7) is 5.27. The Morgan fingerprint density at radius 3 is 2.48 bits per heavy atom. The molecule has 1 heterocycles. The molecule has 0 bridgehead atoms. The normalized spacial score (nSPS) is 15.9.